The molecule has 2 fully saturated rings. The summed E-state index contributed by atoms with van der Waals surface area (Å²) in [7, 11) is 0. The van der Waals surface area contributed by atoms with Gasteiger partial charge in [-0.2, -0.15) is 8.78 Å². The summed E-state index contributed by atoms with van der Waals surface area (Å²) >= 11 is 2.04. The third-order valence-electron chi connectivity index (χ3n) is 5.82. The average molecular weight is 483 g/mol. The standard InChI is InChI=1S/C21H27BrF4O3/c1-2-27-16-11-28-19(29-12-16)8-5-13-3-6-14(7-4-13)15-9-17(23)20(18(24)10-15)21(22,25)26/h9-10,13-14,16,19H,2-8,11-12H2,1H3. The molecule has 3 nitrogen and oxygen atoms in total. The molecular formula is C21H27BrF4O3. The molecule has 1 aromatic rings. The summed E-state index contributed by atoms with van der Waals surface area (Å²) in [6.07, 6.45) is 5.01. The number of rotatable bonds is 7. The second-order valence-corrected chi connectivity index (χ2v) is 8.82. The lowest BCUT2D eigenvalue weighted by Crippen LogP contribution is -2.37. The molecule has 1 aliphatic heterocycles. The molecule has 2 aliphatic rings. The molecule has 164 valence electrons. The highest BCUT2D eigenvalue weighted by atomic mass is 79.9. The largest absolute Gasteiger partial charge is 0.374 e. The van der Waals surface area contributed by atoms with E-state index in [2.05, 4.69) is 0 Å². The molecule has 1 saturated carbocycles. The van der Waals surface area contributed by atoms with Gasteiger partial charge in [0.15, 0.2) is 6.29 Å². The second-order valence-electron chi connectivity index (χ2n) is 7.83. The fourth-order valence-electron chi connectivity index (χ4n) is 4.28. The summed E-state index contributed by atoms with van der Waals surface area (Å²) in [5, 5.41) is 0. The SMILES string of the molecule is CCOC1COC(CCC2CCC(c3cc(F)c(C(F)(F)Br)c(F)c3)CC2)OC1. The van der Waals surface area contributed by atoms with Crippen molar-refractivity contribution in [3.05, 3.63) is 34.9 Å². The van der Waals surface area contributed by atoms with E-state index in [0.717, 1.165) is 50.7 Å². The minimum absolute atomic E-state index is 0.00311. The van der Waals surface area contributed by atoms with Crippen LogP contribution in [0.1, 0.15) is 62.5 Å². The molecule has 0 unspecified atom stereocenters. The van der Waals surface area contributed by atoms with Gasteiger partial charge in [-0.1, -0.05) is 0 Å². The van der Waals surface area contributed by atoms with Crippen LogP contribution in [0.25, 0.3) is 0 Å². The van der Waals surface area contributed by atoms with Crippen molar-refractivity contribution < 1.29 is 31.8 Å². The fraction of sp³-hybridized carbons (Fsp3) is 0.714. The van der Waals surface area contributed by atoms with E-state index in [1.807, 2.05) is 22.9 Å². The minimum Gasteiger partial charge on any atom is -0.374 e. The normalized spacial score (nSPS) is 28.5. The maximum atomic E-state index is 14.1. The highest BCUT2D eigenvalue weighted by molar-refractivity contribution is 9.09. The van der Waals surface area contributed by atoms with Crippen molar-refractivity contribution in [2.24, 2.45) is 5.92 Å². The second kappa shape index (κ2) is 10.1. The summed E-state index contributed by atoms with van der Waals surface area (Å²) in [4.78, 5) is -3.72. The quantitative estimate of drug-likeness (QED) is 0.340. The van der Waals surface area contributed by atoms with Crippen LogP contribution in [0.5, 0.6) is 0 Å². The lowest BCUT2D eigenvalue weighted by atomic mass is 9.77. The smallest absolute Gasteiger partial charge is 0.332 e. The molecule has 0 spiro atoms. The zero-order valence-electron chi connectivity index (χ0n) is 16.4. The molecule has 1 aromatic carbocycles. The third kappa shape index (κ3) is 6.15. The number of halogens is 5. The van der Waals surface area contributed by atoms with Crippen LogP contribution in [0.2, 0.25) is 0 Å². The molecule has 0 radical (unpaired) electrons. The number of alkyl halides is 3. The number of hydrogen-bond acceptors (Lipinski definition) is 3. The lowest BCUT2D eigenvalue weighted by molar-refractivity contribution is -0.228. The van der Waals surface area contributed by atoms with E-state index in [9.17, 15) is 17.6 Å². The number of benzene rings is 1. The lowest BCUT2D eigenvalue weighted by Gasteiger charge is -2.32. The summed E-state index contributed by atoms with van der Waals surface area (Å²) in [5.41, 5.74) is -0.770. The zero-order valence-corrected chi connectivity index (χ0v) is 18.0. The van der Waals surface area contributed by atoms with Gasteiger partial charge in [0.1, 0.15) is 23.3 Å². The zero-order chi connectivity index (χ0) is 21.0. The van der Waals surface area contributed by atoms with Crippen LogP contribution in [-0.4, -0.2) is 32.2 Å². The Morgan fingerprint density at radius 3 is 2.14 bits per heavy atom. The Balaban J connectivity index is 1.46. The van der Waals surface area contributed by atoms with Gasteiger partial charge in [0.05, 0.1) is 13.2 Å². The van der Waals surface area contributed by atoms with E-state index in [1.165, 1.54) is 0 Å². The molecule has 1 heterocycles. The molecule has 0 aromatic heterocycles. The van der Waals surface area contributed by atoms with Gasteiger partial charge < -0.3 is 14.2 Å². The molecule has 8 heteroatoms. The van der Waals surface area contributed by atoms with Crippen LogP contribution in [0.4, 0.5) is 17.6 Å². The van der Waals surface area contributed by atoms with Crippen LogP contribution in [0, 0.1) is 17.6 Å². The molecule has 0 atom stereocenters. The van der Waals surface area contributed by atoms with Gasteiger partial charge in [-0.05, 0) is 90.9 Å². The summed E-state index contributed by atoms with van der Waals surface area (Å²) < 4.78 is 71.6. The van der Waals surface area contributed by atoms with Gasteiger partial charge in [0, 0.05) is 6.61 Å². The van der Waals surface area contributed by atoms with Crippen molar-refractivity contribution in [1.29, 1.82) is 0 Å². The van der Waals surface area contributed by atoms with E-state index in [-0.39, 0.29) is 18.3 Å². The Bertz CT molecular complexity index is 643. The van der Waals surface area contributed by atoms with E-state index in [4.69, 9.17) is 14.2 Å². The first-order chi connectivity index (χ1) is 13.8. The van der Waals surface area contributed by atoms with E-state index in [0.29, 0.717) is 31.3 Å². The summed E-state index contributed by atoms with van der Waals surface area (Å²) in [6, 6.07) is 2.11. The third-order valence-corrected chi connectivity index (χ3v) is 6.21. The first-order valence-electron chi connectivity index (χ1n) is 10.2. The van der Waals surface area contributed by atoms with Gasteiger partial charge in [-0.15, -0.1) is 0 Å². The van der Waals surface area contributed by atoms with Crippen molar-refractivity contribution in [3.8, 4) is 0 Å². The van der Waals surface area contributed by atoms with Crippen molar-refractivity contribution in [2.45, 2.75) is 68.6 Å². The molecule has 0 amide bonds. The molecule has 0 bridgehead atoms. The van der Waals surface area contributed by atoms with E-state index < -0.39 is 22.0 Å². The van der Waals surface area contributed by atoms with E-state index in [1.54, 1.807) is 0 Å². The highest BCUT2D eigenvalue weighted by Gasteiger charge is 2.35. The predicted molar refractivity (Wildman–Crippen MR) is 104 cm³/mol. The van der Waals surface area contributed by atoms with Crippen LogP contribution < -0.4 is 0 Å². The highest BCUT2D eigenvalue weighted by Crippen LogP contribution is 2.42. The van der Waals surface area contributed by atoms with Crippen molar-refractivity contribution >= 4 is 15.9 Å². The van der Waals surface area contributed by atoms with E-state index >= 15 is 0 Å². The van der Waals surface area contributed by atoms with Gasteiger partial charge in [-0.25, -0.2) is 8.78 Å². The van der Waals surface area contributed by atoms with Crippen molar-refractivity contribution in [2.75, 3.05) is 19.8 Å². The summed E-state index contributed by atoms with van der Waals surface area (Å²) in [5.74, 6) is -1.92. The molecule has 1 aliphatic carbocycles. The first-order valence-corrected chi connectivity index (χ1v) is 11.0. The Hall–Kier alpha value is -0.700. The fourth-order valence-corrected chi connectivity index (χ4v) is 4.66. The monoisotopic (exact) mass is 482 g/mol. The Morgan fingerprint density at radius 2 is 1.62 bits per heavy atom. The summed E-state index contributed by atoms with van der Waals surface area (Å²) in [6.45, 7) is 3.68. The minimum atomic E-state index is -3.72. The Kier molecular flexibility index (Phi) is 7.98. The van der Waals surface area contributed by atoms with Crippen LogP contribution >= 0.6 is 15.9 Å². The van der Waals surface area contributed by atoms with Crippen molar-refractivity contribution in [3.63, 3.8) is 0 Å². The Labute approximate surface area is 177 Å². The number of ether oxygens (including phenoxy) is 3. The van der Waals surface area contributed by atoms with Crippen molar-refractivity contribution in [1.82, 2.24) is 0 Å². The Morgan fingerprint density at radius 1 is 1.03 bits per heavy atom. The first kappa shape index (κ1) is 23.0. The topological polar surface area (TPSA) is 27.7 Å². The average Bonchev–Trinajstić information content (AvgIpc) is 2.66. The predicted octanol–water partition coefficient (Wildman–Crippen LogP) is 6.24. The van der Waals surface area contributed by atoms with Crippen LogP contribution in [-0.2, 0) is 19.0 Å². The van der Waals surface area contributed by atoms with Gasteiger partial charge in [0.2, 0.25) is 0 Å². The maximum absolute atomic E-state index is 14.1. The van der Waals surface area contributed by atoms with Crippen LogP contribution in [0.3, 0.4) is 0 Å². The molecule has 29 heavy (non-hydrogen) atoms. The molecule has 1 saturated heterocycles. The van der Waals surface area contributed by atoms with Gasteiger partial charge in [0.25, 0.3) is 0 Å². The van der Waals surface area contributed by atoms with Gasteiger partial charge >= 0.3 is 4.83 Å². The van der Waals surface area contributed by atoms with Gasteiger partial charge in [-0.3, -0.25) is 0 Å². The molecular weight excluding hydrogens is 456 g/mol. The van der Waals surface area contributed by atoms with Crippen LogP contribution in [0.15, 0.2) is 12.1 Å². The molecule has 3 rings (SSSR count). The number of hydrogen-bond donors (Lipinski definition) is 0. The maximum Gasteiger partial charge on any atom is 0.332 e. The molecule has 0 N–H and O–H groups in total.